The number of nitrogens with one attached hydrogen (secondary N) is 2. The zero-order chi connectivity index (χ0) is 35.8. The fourth-order valence-corrected chi connectivity index (χ4v) is 5.98. The molecular weight excluding hydrogens is 668 g/mol. The molecule has 0 radical (unpaired) electrons. The fraction of sp³-hybridized carbons (Fsp3) is 0.400. The molecule has 19 heteroatoms. The molecule has 2 aliphatic heterocycles. The Bertz CT molecular complexity index is 1820. The molecule has 49 heavy (non-hydrogen) atoms. The van der Waals surface area contributed by atoms with Gasteiger partial charge in [-0.05, 0) is 59.5 Å². The predicted octanol–water partition coefficient (Wildman–Crippen LogP) is 4.28. The Morgan fingerprint density at radius 3 is 2.31 bits per heavy atom. The minimum absolute atomic E-state index is 0.00571. The Kier molecular flexibility index (Phi) is 9.47. The van der Waals surface area contributed by atoms with Crippen LogP contribution in [0.25, 0.3) is 0 Å². The molecule has 4 amide bonds. The second-order valence-electron chi connectivity index (χ2n) is 11.6. The van der Waals surface area contributed by atoms with Crippen LogP contribution in [0.5, 0.6) is 0 Å². The van der Waals surface area contributed by atoms with Crippen LogP contribution in [-0.2, 0) is 20.3 Å². The summed E-state index contributed by atoms with van der Waals surface area (Å²) in [6, 6.07) is 5.53. The second-order valence-corrected chi connectivity index (χ2v) is 11.6. The maximum atomic E-state index is 14.3. The van der Waals surface area contributed by atoms with Gasteiger partial charge < -0.3 is 10.4 Å². The molecule has 260 valence electrons. The van der Waals surface area contributed by atoms with Gasteiger partial charge in [-0.15, -0.1) is 5.10 Å². The molecule has 2 unspecified atom stereocenters. The lowest BCUT2D eigenvalue weighted by Crippen LogP contribution is -2.54. The molecule has 0 bridgehead atoms. The van der Waals surface area contributed by atoms with Crippen LogP contribution in [-0.4, -0.2) is 72.0 Å². The first kappa shape index (κ1) is 35.0. The highest BCUT2D eigenvalue weighted by atomic mass is 19.4. The summed E-state index contributed by atoms with van der Waals surface area (Å²) in [5.41, 5.74) is -0.419. The van der Waals surface area contributed by atoms with Crippen molar-refractivity contribution < 1.29 is 55.4 Å². The van der Waals surface area contributed by atoms with Crippen LogP contribution in [0.15, 0.2) is 36.4 Å². The Balaban J connectivity index is 0.000000606. The molecule has 1 saturated heterocycles. The molecular formula is C30H27F6N7O6. The Labute approximate surface area is 272 Å². The molecule has 13 nitrogen and oxygen atoms in total. The van der Waals surface area contributed by atoms with Gasteiger partial charge in [0.2, 0.25) is 11.8 Å². The van der Waals surface area contributed by atoms with E-state index in [1.165, 1.54) is 12.1 Å². The number of halogens is 6. The van der Waals surface area contributed by atoms with Crippen molar-refractivity contribution in [3.63, 3.8) is 0 Å². The summed E-state index contributed by atoms with van der Waals surface area (Å²) in [5, 5.41) is 24.7. The summed E-state index contributed by atoms with van der Waals surface area (Å²) in [5.74, 6) is -9.73. The van der Waals surface area contributed by atoms with Crippen molar-refractivity contribution in [3.8, 4) is 0 Å². The highest BCUT2D eigenvalue weighted by Crippen LogP contribution is 2.39. The van der Waals surface area contributed by atoms with Gasteiger partial charge in [-0.2, -0.15) is 13.2 Å². The average Bonchev–Trinajstić information content (AvgIpc) is 3.77. The van der Waals surface area contributed by atoms with E-state index in [9.17, 15) is 45.5 Å². The van der Waals surface area contributed by atoms with Gasteiger partial charge in [-0.1, -0.05) is 25.0 Å². The van der Waals surface area contributed by atoms with E-state index in [1.54, 1.807) is 16.8 Å². The first-order chi connectivity index (χ1) is 23.0. The third-order valence-corrected chi connectivity index (χ3v) is 8.25. The number of fused-ring (bicyclic) bond motifs is 1. The highest BCUT2D eigenvalue weighted by Gasteiger charge is 2.47. The number of anilines is 1. The van der Waals surface area contributed by atoms with Gasteiger partial charge in [0.15, 0.2) is 5.82 Å². The number of imide groups is 2. The summed E-state index contributed by atoms with van der Waals surface area (Å²) >= 11 is 0. The number of hydrogen-bond donors (Lipinski definition) is 3. The van der Waals surface area contributed by atoms with Gasteiger partial charge in [0.05, 0.1) is 22.7 Å². The number of carbonyl (C=O) groups is 5. The maximum absolute atomic E-state index is 14.3. The van der Waals surface area contributed by atoms with Gasteiger partial charge in [-0.3, -0.25) is 29.4 Å². The number of carbonyl (C=O) groups excluding carboxylic acids is 4. The topological polar surface area (TPSA) is 176 Å². The minimum Gasteiger partial charge on any atom is -0.475 e. The molecule has 1 aliphatic carbocycles. The highest BCUT2D eigenvalue weighted by molar-refractivity contribution is 6.24. The lowest BCUT2D eigenvalue weighted by Gasteiger charge is -2.28. The average molecular weight is 696 g/mol. The first-order valence-corrected chi connectivity index (χ1v) is 14.9. The monoisotopic (exact) mass is 695 g/mol. The number of rotatable bonds is 7. The van der Waals surface area contributed by atoms with Crippen molar-refractivity contribution in [1.29, 1.82) is 0 Å². The molecule has 3 aromatic rings. The van der Waals surface area contributed by atoms with Crippen LogP contribution in [0.1, 0.15) is 95.2 Å². The summed E-state index contributed by atoms with van der Waals surface area (Å²) in [4.78, 5) is 61.4. The lowest BCUT2D eigenvalue weighted by atomic mass is 9.95. The summed E-state index contributed by atoms with van der Waals surface area (Å²) in [6.45, 7) is 0.589. The van der Waals surface area contributed by atoms with Gasteiger partial charge in [0.25, 0.3) is 17.7 Å². The minimum atomic E-state index is -5.08. The predicted molar refractivity (Wildman–Crippen MR) is 154 cm³/mol. The number of piperidine rings is 1. The number of tetrazole rings is 1. The summed E-state index contributed by atoms with van der Waals surface area (Å²) < 4.78 is 76.1. The largest absolute Gasteiger partial charge is 0.490 e. The van der Waals surface area contributed by atoms with E-state index in [1.807, 2.05) is 0 Å². The number of hydrogen-bond acceptors (Lipinski definition) is 9. The number of amides is 4. The second kappa shape index (κ2) is 13.3. The van der Waals surface area contributed by atoms with Crippen LogP contribution in [0, 0.1) is 5.82 Å². The molecule has 1 aromatic heterocycles. The number of aromatic nitrogens is 4. The van der Waals surface area contributed by atoms with Gasteiger partial charge in [-0.25, -0.2) is 22.6 Å². The van der Waals surface area contributed by atoms with Crippen molar-refractivity contribution >= 4 is 35.3 Å². The van der Waals surface area contributed by atoms with Crippen LogP contribution in [0.2, 0.25) is 0 Å². The Morgan fingerprint density at radius 2 is 1.69 bits per heavy atom. The fourth-order valence-electron chi connectivity index (χ4n) is 5.98. The van der Waals surface area contributed by atoms with Gasteiger partial charge >= 0.3 is 12.1 Å². The van der Waals surface area contributed by atoms with E-state index in [2.05, 4.69) is 26.2 Å². The van der Waals surface area contributed by atoms with Gasteiger partial charge in [0.1, 0.15) is 17.9 Å². The molecule has 2 atom stereocenters. The van der Waals surface area contributed by atoms with Crippen molar-refractivity contribution in [2.45, 2.75) is 75.7 Å². The molecule has 1 saturated carbocycles. The molecule has 3 N–H and O–H groups in total. The van der Waals surface area contributed by atoms with E-state index in [4.69, 9.17) is 9.90 Å². The molecule has 3 heterocycles. The summed E-state index contributed by atoms with van der Waals surface area (Å²) in [6.07, 6.45) is -1.60. The quantitative estimate of drug-likeness (QED) is 0.239. The number of aliphatic carboxylic acids is 1. The van der Waals surface area contributed by atoms with Crippen LogP contribution in [0.3, 0.4) is 0 Å². The Morgan fingerprint density at radius 1 is 1.02 bits per heavy atom. The van der Waals surface area contributed by atoms with Crippen LogP contribution in [0.4, 0.5) is 32.0 Å². The van der Waals surface area contributed by atoms with E-state index in [0.717, 1.165) is 42.7 Å². The Hall–Kier alpha value is -5.36. The normalized spacial score (nSPS) is 18.9. The maximum Gasteiger partial charge on any atom is 0.490 e. The standard InChI is InChI=1S/C28H26F3N7O4.C2HF3O2/c1-28(30,31)18-13-14(9-10-19(18)29)32-23(24-34-35-36-38(24)15-5-2-3-6-15)16-7-4-8-17-22(16)27(42)37(26(17)41)20-11-12-21(39)33-25(20)40;3-2(4,5)1(6)7/h4,7-10,13,15,20,23,32H,2-3,5-6,11-12H2,1H3,(H,33,39,40);(H,6,7). The number of carboxylic acid groups (broad SMARTS) is 1. The van der Waals surface area contributed by atoms with Crippen molar-refractivity contribution in [1.82, 2.24) is 30.4 Å². The molecule has 3 aliphatic rings. The lowest BCUT2D eigenvalue weighted by molar-refractivity contribution is -0.192. The van der Waals surface area contributed by atoms with E-state index < -0.39 is 65.2 Å². The molecule has 0 spiro atoms. The zero-order valence-corrected chi connectivity index (χ0v) is 25.4. The number of carboxylic acids is 1. The van der Waals surface area contributed by atoms with E-state index in [-0.39, 0.29) is 47.1 Å². The zero-order valence-electron chi connectivity index (χ0n) is 25.4. The van der Waals surface area contributed by atoms with Crippen LogP contribution >= 0.6 is 0 Å². The first-order valence-electron chi connectivity index (χ1n) is 14.9. The molecule has 2 fully saturated rings. The molecule has 2 aromatic carbocycles. The number of benzene rings is 2. The van der Waals surface area contributed by atoms with E-state index in [0.29, 0.717) is 6.92 Å². The smallest absolute Gasteiger partial charge is 0.475 e. The summed E-state index contributed by atoms with van der Waals surface area (Å²) in [7, 11) is 0. The third-order valence-electron chi connectivity index (χ3n) is 8.25. The van der Waals surface area contributed by atoms with Crippen LogP contribution < -0.4 is 10.6 Å². The van der Waals surface area contributed by atoms with Crippen molar-refractivity contribution in [3.05, 3.63) is 70.3 Å². The van der Waals surface area contributed by atoms with Crippen molar-refractivity contribution in [2.75, 3.05) is 5.32 Å². The number of alkyl halides is 5. The SMILES string of the molecule is CC(F)(F)c1cc(NC(c2cccc3c2C(=O)N(C2CCC(=O)NC2=O)C3=O)c2nnnn2C2CCCC2)ccc1F.O=C(O)C(F)(F)F. The van der Waals surface area contributed by atoms with Gasteiger partial charge in [0, 0.05) is 19.0 Å². The molecule has 6 rings (SSSR count). The van der Waals surface area contributed by atoms with Crippen molar-refractivity contribution in [2.24, 2.45) is 0 Å². The van der Waals surface area contributed by atoms with E-state index >= 15 is 0 Å². The third kappa shape index (κ3) is 7.09. The number of nitrogens with zero attached hydrogens (tertiary/aromatic N) is 5.